The zero-order valence-electron chi connectivity index (χ0n) is 31.2. The van der Waals surface area contributed by atoms with Gasteiger partial charge in [0, 0.05) is 55.4 Å². The summed E-state index contributed by atoms with van der Waals surface area (Å²) in [5, 5.41) is 6.38. The van der Waals surface area contributed by atoms with E-state index in [0.717, 1.165) is 111 Å². The van der Waals surface area contributed by atoms with Crippen molar-refractivity contribution in [2.24, 2.45) is 0 Å². The first kappa shape index (κ1) is 32.4. The first-order chi connectivity index (χ1) is 28.7. The Bertz CT molecular complexity index is 3500. The second kappa shape index (κ2) is 12.9. The lowest BCUT2D eigenvalue weighted by Crippen LogP contribution is -2.10. The molecule has 3 heterocycles. The topological polar surface area (TPSA) is 42.7 Å². The van der Waals surface area contributed by atoms with E-state index >= 15 is 0 Å². The molecule has 9 aromatic carbocycles. The number of rotatable bonds is 6. The van der Waals surface area contributed by atoms with E-state index in [1.54, 1.807) is 0 Å². The molecule has 0 unspecified atom stereocenters. The summed E-state index contributed by atoms with van der Waals surface area (Å²) in [7, 11) is 0. The molecule has 0 atom stereocenters. The van der Waals surface area contributed by atoms with Crippen LogP contribution in [0.5, 0.6) is 0 Å². The lowest BCUT2D eigenvalue weighted by atomic mass is 9.90. The van der Waals surface area contributed by atoms with Gasteiger partial charge in [0.05, 0.1) is 0 Å². The SMILES string of the molecule is c1ccc(-c2ccc(N(c3ccc(-c4cc5c6ccccc6oc5c5oc6ccccc6c45)c(-c4ccccc4)c3)c3ccc4c(c3)oc3ccccc34)cc2)cc1. The van der Waals surface area contributed by atoms with Gasteiger partial charge in [-0.3, -0.25) is 0 Å². The summed E-state index contributed by atoms with van der Waals surface area (Å²) >= 11 is 0. The maximum absolute atomic E-state index is 6.67. The highest BCUT2D eigenvalue weighted by Gasteiger charge is 2.24. The quantitative estimate of drug-likeness (QED) is 0.170. The van der Waals surface area contributed by atoms with E-state index in [2.05, 4.69) is 169 Å². The van der Waals surface area contributed by atoms with Crippen molar-refractivity contribution in [3.05, 3.63) is 200 Å². The number of fused-ring (bicyclic) bond motifs is 10. The van der Waals surface area contributed by atoms with Gasteiger partial charge in [0.15, 0.2) is 11.2 Å². The summed E-state index contributed by atoms with van der Waals surface area (Å²) in [6, 6.07) is 70.4. The standard InChI is InChI=1S/C54H33NO3/c1-3-13-34(14-4-1)35-23-25-37(26-24-35)55(39-28-30-43-41-17-7-10-20-48(41)56-51(43)32-39)38-27-29-40(45(31-38)36-15-5-2-6-16-36)46-33-47-42-18-8-11-21-49(42)57-53(47)54-52(46)44-19-9-12-22-50(44)58-54/h1-33H. The molecule has 4 nitrogen and oxygen atoms in total. The molecule has 12 aromatic rings. The van der Waals surface area contributed by atoms with Gasteiger partial charge in [-0.15, -0.1) is 0 Å². The molecule has 4 heteroatoms. The van der Waals surface area contributed by atoms with E-state index in [1.807, 2.05) is 36.4 Å². The minimum Gasteiger partial charge on any atom is -0.456 e. The lowest BCUT2D eigenvalue weighted by Gasteiger charge is -2.27. The fourth-order valence-electron chi connectivity index (χ4n) is 8.78. The second-order valence-corrected chi connectivity index (χ2v) is 14.8. The number of hydrogen-bond acceptors (Lipinski definition) is 4. The van der Waals surface area contributed by atoms with Crippen molar-refractivity contribution < 1.29 is 13.3 Å². The monoisotopic (exact) mass is 743 g/mol. The summed E-state index contributed by atoms with van der Waals surface area (Å²) < 4.78 is 19.6. The number of benzene rings is 9. The fourth-order valence-corrected chi connectivity index (χ4v) is 8.78. The van der Waals surface area contributed by atoms with Crippen LogP contribution in [-0.2, 0) is 0 Å². The zero-order valence-corrected chi connectivity index (χ0v) is 31.2. The van der Waals surface area contributed by atoms with Gasteiger partial charge in [-0.25, -0.2) is 0 Å². The molecule has 12 rings (SSSR count). The third kappa shape index (κ3) is 5.09. The van der Waals surface area contributed by atoms with Crippen LogP contribution in [0.2, 0.25) is 0 Å². The number of nitrogens with zero attached hydrogens (tertiary/aromatic N) is 1. The molecule has 0 radical (unpaired) electrons. The van der Waals surface area contributed by atoms with Crippen molar-refractivity contribution in [1.82, 2.24) is 0 Å². The highest BCUT2D eigenvalue weighted by molar-refractivity contribution is 6.24. The van der Waals surface area contributed by atoms with Crippen LogP contribution >= 0.6 is 0 Å². The van der Waals surface area contributed by atoms with Gasteiger partial charge in [0.1, 0.15) is 22.3 Å². The Morgan fingerprint density at radius 1 is 0.276 bits per heavy atom. The molecular formula is C54H33NO3. The van der Waals surface area contributed by atoms with Crippen LogP contribution < -0.4 is 4.90 Å². The first-order valence-corrected chi connectivity index (χ1v) is 19.6. The summed E-state index contributed by atoms with van der Waals surface area (Å²) in [6.45, 7) is 0. The van der Waals surface area contributed by atoms with E-state index in [9.17, 15) is 0 Å². The van der Waals surface area contributed by atoms with E-state index in [1.165, 1.54) is 5.56 Å². The maximum atomic E-state index is 6.67. The van der Waals surface area contributed by atoms with Crippen molar-refractivity contribution >= 4 is 82.9 Å². The highest BCUT2D eigenvalue weighted by atomic mass is 16.4. The Morgan fingerprint density at radius 2 is 0.793 bits per heavy atom. The minimum absolute atomic E-state index is 0.757. The Hall–Kier alpha value is -7.82. The van der Waals surface area contributed by atoms with Crippen LogP contribution in [-0.4, -0.2) is 0 Å². The Morgan fingerprint density at radius 3 is 1.53 bits per heavy atom. The summed E-state index contributed by atoms with van der Waals surface area (Å²) in [5.74, 6) is 0. The van der Waals surface area contributed by atoms with Crippen LogP contribution in [0.15, 0.2) is 213 Å². The van der Waals surface area contributed by atoms with Gasteiger partial charge in [-0.1, -0.05) is 133 Å². The largest absolute Gasteiger partial charge is 0.456 e. The molecule has 0 aliphatic carbocycles. The molecule has 0 N–H and O–H groups in total. The molecule has 0 fully saturated rings. The van der Waals surface area contributed by atoms with E-state index < -0.39 is 0 Å². The average Bonchev–Trinajstić information content (AvgIpc) is 3.99. The van der Waals surface area contributed by atoms with Crippen LogP contribution in [0.1, 0.15) is 0 Å². The first-order valence-electron chi connectivity index (χ1n) is 19.6. The number of hydrogen-bond donors (Lipinski definition) is 0. The van der Waals surface area contributed by atoms with Crippen molar-refractivity contribution in [2.75, 3.05) is 4.90 Å². The minimum atomic E-state index is 0.757. The second-order valence-electron chi connectivity index (χ2n) is 14.8. The van der Waals surface area contributed by atoms with Crippen molar-refractivity contribution in [1.29, 1.82) is 0 Å². The predicted octanol–water partition coefficient (Wildman–Crippen LogP) is 15.9. The van der Waals surface area contributed by atoms with Gasteiger partial charge < -0.3 is 18.2 Å². The molecule has 272 valence electrons. The average molecular weight is 744 g/mol. The Labute approximate surface area is 333 Å². The molecule has 0 spiro atoms. The summed E-state index contributed by atoms with van der Waals surface area (Å²) in [4.78, 5) is 2.33. The third-order valence-corrected chi connectivity index (χ3v) is 11.5. The van der Waals surface area contributed by atoms with Gasteiger partial charge in [-0.05, 0) is 94.0 Å². The molecule has 3 aromatic heterocycles. The Balaban J connectivity index is 1.11. The zero-order chi connectivity index (χ0) is 38.2. The number of anilines is 3. The molecule has 0 aliphatic rings. The van der Waals surface area contributed by atoms with E-state index in [0.29, 0.717) is 0 Å². The molecule has 0 saturated carbocycles. The molecule has 0 amide bonds. The lowest BCUT2D eigenvalue weighted by molar-refractivity contribution is 0.633. The van der Waals surface area contributed by atoms with Gasteiger partial charge in [0.25, 0.3) is 0 Å². The smallest absolute Gasteiger partial charge is 0.179 e. The van der Waals surface area contributed by atoms with Crippen LogP contribution in [0.3, 0.4) is 0 Å². The predicted molar refractivity (Wildman–Crippen MR) is 239 cm³/mol. The van der Waals surface area contributed by atoms with Crippen molar-refractivity contribution in [2.45, 2.75) is 0 Å². The summed E-state index contributed by atoms with van der Waals surface area (Å²) in [5.41, 5.74) is 14.7. The number of furan rings is 3. The maximum Gasteiger partial charge on any atom is 0.179 e. The fraction of sp³-hybridized carbons (Fsp3) is 0. The van der Waals surface area contributed by atoms with Crippen LogP contribution in [0, 0.1) is 0 Å². The molecular weight excluding hydrogens is 711 g/mol. The molecule has 58 heavy (non-hydrogen) atoms. The van der Waals surface area contributed by atoms with Gasteiger partial charge in [0.2, 0.25) is 0 Å². The van der Waals surface area contributed by atoms with Crippen LogP contribution in [0.4, 0.5) is 17.1 Å². The van der Waals surface area contributed by atoms with Crippen molar-refractivity contribution in [3.8, 4) is 33.4 Å². The van der Waals surface area contributed by atoms with Gasteiger partial charge in [-0.2, -0.15) is 0 Å². The van der Waals surface area contributed by atoms with Gasteiger partial charge >= 0.3 is 0 Å². The van der Waals surface area contributed by atoms with Crippen molar-refractivity contribution in [3.63, 3.8) is 0 Å². The Kier molecular flexibility index (Phi) is 7.20. The summed E-state index contributed by atoms with van der Waals surface area (Å²) in [6.07, 6.45) is 0. The van der Waals surface area contributed by atoms with E-state index in [4.69, 9.17) is 13.3 Å². The van der Waals surface area contributed by atoms with Crippen LogP contribution in [0.25, 0.3) is 99.2 Å². The normalized spacial score (nSPS) is 11.8. The molecule has 0 saturated heterocycles. The third-order valence-electron chi connectivity index (χ3n) is 11.5. The number of para-hydroxylation sites is 3. The molecule has 0 aliphatic heterocycles. The highest BCUT2D eigenvalue weighted by Crippen LogP contribution is 2.48. The molecule has 0 bridgehead atoms. The van der Waals surface area contributed by atoms with E-state index in [-0.39, 0.29) is 0 Å².